The van der Waals surface area contributed by atoms with E-state index < -0.39 is 0 Å². The van der Waals surface area contributed by atoms with E-state index in [1.165, 1.54) is 0 Å². The van der Waals surface area contributed by atoms with Crippen molar-refractivity contribution < 1.29 is 9.53 Å². The van der Waals surface area contributed by atoms with E-state index >= 15 is 0 Å². The third kappa shape index (κ3) is 3.19. The van der Waals surface area contributed by atoms with Crippen LogP contribution in [-0.4, -0.2) is 41.3 Å². The van der Waals surface area contributed by atoms with Crippen LogP contribution in [0.5, 0.6) is 11.8 Å². The Morgan fingerprint density at radius 3 is 2.70 bits per heavy atom. The molecule has 0 spiro atoms. The highest BCUT2D eigenvalue weighted by Gasteiger charge is 2.18. The Kier molecular flexibility index (Phi) is 3.99. The van der Waals surface area contributed by atoms with Crippen LogP contribution in [-0.2, 0) is 7.05 Å². The number of nitrogens with zero attached hydrogens (tertiary/aromatic N) is 6. The molecule has 10 nitrogen and oxygen atoms in total. The van der Waals surface area contributed by atoms with Gasteiger partial charge < -0.3 is 10.1 Å². The van der Waals surface area contributed by atoms with Gasteiger partial charge in [-0.3, -0.25) is 9.48 Å². The molecule has 2 N–H and O–H groups in total. The summed E-state index contributed by atoms with van der Waals surface area (Å²) < 4.78 is 7.09. The highest BCUT2D eigenvalue weighted by atomic mass is 16.5. The highest BCUT2D eigenvalue weighted by molar-refractivity contribution is 6.12. The van der Waals surface area contributed by atoms with Gasteiger partial charge in [0.15, 0.2) is 5.65 Å². The van der Waals surface area contributed by atoms with Gasteiger partial charge in [0.1, 0.15) is 5.75 Å². The van der Waals surface area contributed by atoms with Crippen molar-refractivity contribution in [3.05, 3.63) is 47.3 Å². The Hall–Kier alpha value is -3.82. The number of benzene rings is 1. The molecule has 1 amide bonds. The number of ether oxygens (including phenoxy) is 1. The SMILES string of the molecule is Cc1cc(C(=O)Nc2ccc(Oc3nn[nH]n3)cc2)c2c(C)nn(C)c2n1. The summed E-state index contributed by atoms with van der Waals surface area (Å²) in [5.74, 6) is 0.299. The van der Waals surface area contributed by atoms with E-state index in [9.17, 15) is 4.79 Å². The van der Waals surface area contributed by atoms with Gasteiger partial charge in [-0.1, -0.05) is 10.2 Å². The molecule has 10 heteroatoms. The second kappa shape index (κ2) is 6.48. The lowest BCUT2D eigenvalue weighted by molar-refractivity contribution is 0.102. The fourth-order valence-electron chi connectivity index (χ4n) is 2.86. The summed E-state index contributed by atoms with van der Waals surface area (Å²) in [5, 5.41) is 21.2. The number of H-pyrrole nitrogens is 1. The van der Waals surface area contributed by atoms with Crippen molar-refractivity contribution in [2.75, 3.05) is 5.32 Å². The predicted molar refractivity (Wildman–Crippen MR) is 96.6 cm³/mol. The van der Waals surface area contributed by atoms with Crippen molar-refractivity contribution in [2.24, 2.45) is 7.05 Å². The number of carbonyl (C=O) groups is 1. The Balaban J connectivity index is 1.58. The van der Waals surface area contributed by atoms with E-state index in [2.05, 4.69) is 36.0 Å². The molecule has 0 saturated carbocycles. The van der Waals surface area contributed by atoms with Crippen LogP contribution in [0.15, 0.2) is 30.3 Å². The number of anilines is 1. The van der Waals surface area contributed by atoms with Crippen molar-refractivity contribution in [3.63, 3.8) is 0 Å². The van der Waals surface area contributed by atoms with Gasteiger partial charge in [0.2, 0.25) is 0 Å². The molecule has 27 heavy (non-hydrogen) atoms. The molecule has 0 unspecified atom stereocenters. The fourth-order valence-corrected chi connectivity index (χ4v) is 2.86. The van der Waals surface area contributed by atoms with Gasteiger partial charge in [-0.05, 0) is 49.4 Å². The van der Waals surface area contributed by atoms with Gasteiger partial charge >= 0.3 is 6.01 Å². The Labute approximate surface area is 153 Å². The number of hydrogen-bond acceptors (Lipinski definition) is 7. The first-order valence-electron chi connectivity index (χ1n) is 8.15. The predicted octanol–water partition coefficient (Wildman–Crippen LogP) is 2.14. The molecule has 0 radical (unpaired) electrons. The molecule has 4 aromatic rings. The first kappa shape index (κ1) is 16.6. The maximum Gasteiger partial charge on any atom is 0.361 e. The smallest absolute Gasteiger partial charge is 0.361 e. The lowest BCUT2D eigenvalue weighted by atomic mass is 10.1. The summed E-state index contributed by atoms with van der Waals surface area (Å²) in [4.78, 5) is 17.3. The second-order valence-electron chi connectivity index (χ2n) is 5.99. The number of nitrogens with one attached hydrogen (secondary N) is 2. The largest absolute Gasteiger partial charge is 0.422 e. The molecule has 136 valence electrons. The molecule has 1 aromatic carbocycles. The molecule has 3 heterocycles. The number of rotatable bonds is 4. The zero-order valence-electron chi connectivity index (χ0n) is 14.9. The van der Waals surface area contributed by atoms with Crippen LogP contribution in [0.4, 0.5) is 5.69 Å². The number of fused-ring (bicyclic) bond motifs is 1. The van der Waals surface area contributed by atoms with Crippen LogP contribution in [0.2, 0.25) is 0 Å². The van der Waals surface area contributed by atoms with E-state index in [1.807, 2.05) is 20.9 Å². The van der Waals surface area contributed by atoms with E-state index in [0.29, 0.717) is 22.6 Å². The van der Waals surface area contributed by atoms with E-state index in [0.717, 1.165) is 16.8 Å². The van der Waals surface area contributed by atoms with Crippen molar-refractivity contribution in [1.82, 2.24) is 35.4 Å². The summed E-state index contributed by atoms with van der Waals surface area (Å²) in [6.07, 6.45) is 0. The quantitative estimate of drug-likeness (QED) is 0.568. The molecule has 4 rings (SSSR count). The van der Waals surface area contributed by atoms with Crippen LogP contribution in [0.1, 0.15) is 21.7 Å². The van der Waals surface area contributed by atoms with Crippen molar-refractivity contribution in [3.8, 4) is 11.8 Å². The summed E-state index contributed by atoms with van der Waals surface area (Å²) in [7, 11) is 1.81. The summed E-state index contributed by atoms with van der Waals surface area (Å²) in [6.45, 7) is 3.71. The number of pyridine rings is 1. The van der Waals surface area contributed by atoms with Crippen molar-refractivity contribution in [1.29, 1.82) is 0 Å². The van der Waals surface area contributed by atoms with Gasteiger partial charge in [-0.25, -0.2) is 4.98 Å². The van der Waals surface area contributed by atoms with Gasteiger partial charge in [-0.2, -0.15) is 10.3 Å². The minimum absolute atomic E-state index is 0.119. The minimum atomic E-state index is -0.228. The topological polar surface area (TPSA) is 124 Å². The molecule has 0 saturated heterocycles. The Morgan fingerprint density at radius 1 is 1.22 bits per heavy atom. The number of aromatic nitrogens is 7. The van der Waals surface area contributed by atoms with E-state index in [-0.39, 0.29) is 11.9 Å². The molecule has 0 aliphatic carbocycles. The molecule has 0 aliphatic heterocycles. The number of aryl methyl sites for hydroxylation is 3. The molecule has 0 aliphatic rings. The number of tetrazole rings is 1. The van der Waals surface area contributed by atoms with Crippen LogP contribution in [0.25, 0.3) is 11.0 Å². The Morgan fingerprint density at radius 2 is 2.00 bits per heavy atom. The first-order chi connectivity index (χ1) is 13.0. The third-order valence-corrected chi connectivity index (χ3v) is 3.99. The maximum atomic E-state index is 12.8. The fraction of sp³-hybridized carbons (Fsp3) is 0.176. The monoisotopic (exact) mass is 364 g/mol. The van der Waals surface area contributed by atoms with Gasteiger partial charge in [-0.15, -0.1) is 0 Å². The van der Waals surface area contributed by atoms with E-state index in [1.54, 1.807) is 35.0 Å². The zero-order valence-corrected chi connectivity index (χ0v) is 14.9. The van der Waals surface area contributed by atoms with Gasteiger partial charge in [0, 0.05) is 18.4 Å². The van der Waals surface area contributed by atoms with Crippen LogP contribution < -0.4 is 10.1 Å². The lowest BCUT2D eigenvalue weighted by Gasteiger charge is -2.08. The molecule has 0 fully saturated rings. The normalized spacial score (nSPS) is 10.9. The first-order valence-corrected chi connectivity index (χ1v) is 8.15. The molecule has 0 bridgehead atoms. The van der Waals surface area contributed by atoms with E-state index in [4.69, 9.17) is 4.74 Å². The summed E-state index contributed by atoms with van der Waals surface area (Å²) >= 11 is 0. The molecular weight excluding hydrogens is 348 g/mol. The molecular formula is C17H16N8O2. The van der Waals surface area contributed by atoms with Gasteiger partial charge in [0.05, 0.1) is 16.6 Å². The summed E-state index contributed by atoms with van der Waals surface area (Å²) in [5.41, 5.74) is 3.36. The minimum Gasteiger partial charge on any atom is -0.422 e. The van der Waals surface area contributed by atoms with Crippen LogP contribution in [0.3, 0.4) is 0 Å². The summed E-state index contributed by atoms with van der Waals surface area (Å²) in [6, 6.07) is 8.75. The van der Waals surface area contributed by atoms with Crippen molar-refractivity contribution in [2.45, 2.75) is 13.8 Å². The second-order valence-corrected chi connectivity index (χ2v) is 5.99. The number of aromatic amines is 1. The number of amides is 1. The lowest BCUT2D eigenvalue weighted by Crippen LogP contribution is -2.13. The molecule has 0 atom stereocenters. The number of carbonyl (C=O) groups excluding carboxylic acids is 1. The van der Waals surface area contributed by atoms with Crippen LogP contribution >= 0.6 is 0 Å². The van der Waals surface area contributed by atoms with Crippen molar-refractivity contribution >= 4 is 22.6 Å². The standard InChI is InChI=1S/C17H16N8O2/c1-9-8-13(14-10(2)22-25(3)15(14)18-9)16(26)19-11-4-6-12(7-5-11)27-17-20-23-24-21-17/h4-8H,1-3H3,(H,19,26)(H,20,21,23,24). The zero-order chi connectivity index (χ0) is 19.0. The maximum absolute atomic E-state index is 12.8. The third-order valence-electron chi connectivity index (χ3n) is 3.99. The average molecular weight is 364 g/mol. The average Bonchev–Trinajstić information content (AvgIpc) is 3.24. The molecule has 3 aromatic heterocycles. The number of hydrogen-bond donors (Lipinski definition) is 2. The van der Waals surface area contributed by atoms with Gasteiger partial charge in [0.25, 0.3) is 5.91 Å². The Bertz CT molecular complexity index is 1120. The highest BCUT2D eigenvalue weighted by Crippen LogP contribution is 2.24. The van der Waals surface area contributed by atoms with Crippen LogP contribution in [0, 0.1) is 13.8 Å².